The highest BCUT2D eigenvalue weighted by atomic mass is 16.3. The maximum Gasteiger partial charge on any atom is 0.223 e. The van der Waals surface area contributed by atoms with Crippen LogP contribution in [0.15, 0.2) is 24.3 Å². The topological polar surface area (TPSA) is 132 Å². The molecule has 0 spiro atoms. The first-order valence-corrected chi connectivity index (χ1v) is 16.4. The molecule has 0 saturated carbocycles. The van der Waals surface area contributed by atoms with Crippen LogP contribution in [0.2, 0.25) is 0 Å². The number of carbonyl (C=O) groups is 2. The lowest BCUT2D eigenvalue weighted by Crippen LogP contribution is -2.45. The quantitative estimate of drug-likeness (QED) is 0.150. The van der Waals surface area contributed by atoms with Gasteiger partial charge in [0, 0.05) is 94.8 Å². The van der Waals surface area contributed by atoms with Crippen molar-refractivity contribution in [3.63, 3.8) is 0 Å². The van der Waals surface area contributed by atoms with Crippen molar-refractivity contribution >= 4 is 28.7 Å². The van der Waals surface area contributed by atoms with E-state index in [1.807, 2.05) is 0 Å². The summed E-state index contributed by atoms with van der Waals surface area (Å²) in [6.07, 6.45) is 6.28. The van der Waals surface area contributed by atoms with E-state index in [9.17, 15) is 24.9 Å². The van der Waals surface area contributed by atoms with Crippen LogP contribution in [0.3, 0.4) is 0 Å². The molecule has 2 aliphatic heterocycles. The molecule has 2 saturated heterocycles. The molecule has 0 aliphatic carbocycles. The molecule has 2 aromatic rings. The third-order valence-corrected chi connectivity index (χ3v) is 8.96. The second-order valence-electron chi connectivity index (χ2n) is 12.4. The van der Waals surface area contributed by atoms with Gasteiger partial charge < -0.3 is 45.6 Å². The van der Waals surface area contributed by atoms with Crippen molar-refractivity contribution < 1.29 is 24.9 Å². The van der Waals surface area contributed by atoms with Gasteiger partial charge in [0.15, 0.2) is 0 Å². The van der Waals surface area contributed by atoms with Gasteiger partial charge in [-0.05, 0) is 58.9 Å². The second kappa shape index (κ2) is 17.4. The fourth-order valence-electron chi connectivity index (χ4n) is 6.06. The highest BCUT2D eigenvalue weighted by Crippen LogP contribution is 2.44. The number of aromatic hydroxyl groups is 3. The third-order valence-electron chi connectivity index (χ3n) is 8.96. The van der Waals surface area contributed by atoms with E-state index in [4.69, 9.17) is 0 Å². The molecule has 2 fully saturated rings. The van der Waals surface area contributed by atoms with Crippen LogP contribution in [0.25, 0.3) is 16.8 Å². The molecule has 0 bridgehead atoms. The summed E-state index contributed by atoms with van der Waals surface area (Å²) in [5, 5.41) is 39.3. The lowest BCUT2D eigenvalue weighted by molar-refractivity contribution is -0.121. The van der Waals surface area contributed by atoms with Gasteiger partial charge in [-0.2, -0.15) is 0 Å². The average molecular weight is 625 g/mol. The summed E-state index contributed by atoms with van der Waals surface area (Å²) < 4.78 is 0. The first-order valence-electron chi connectivity index (χ1n) is 16.4. The minimum atomic E-state index is -0.159. The lowest BCUT2D eigenvalue weighted by atomic mass is 9.93. The van der Waals surface area contributed by atoms with Crippen LogP contribution in [-0.2, 0) is 16.0 Å². The van der Waals surface area contributed by atoms with Gasteiger partial charge in [-0.1, -0.05) is 24.3 Å². The van der Waals surface area contributed by atoms with E-state index in [2.05, 4.69) is 44.3 Å². The summed E-state index contributed by atoms with van der Waals surface area (Å²) in [5.74, 6) is -0.511. The monoisotopic (exact) mass is 624 g/mol. The molecule has 0 unspecified atom stereocenters. The molecule has 248 valence electrons. The summed E-state index contributed by atoms with van der Waals surface area (Å²) >= 11 is 0. The van der Waals surface area contributed by atoms with Gasteiger partial charge in [0.1, 0.15) is 17.2 Å². The summed E-state index contributed by atoms with van der Waals surface area (Å²) in [6.45, 7) is 11.6. The fraction of sp³-hybridized carbons (Fsp3) is 0.588. The summed E-state index contributed by atoms with van der Waals surface area (Å²) in [4.78, 5) is 34.5. The van der Waals surface area contributed by atoms with Crippen LogP contribution in [0.1, 0.15) is 43.2 Å². The van der Waals surface area contributed by atoms with E-state index >= 15 is 0 Å². The van der Waals surface area contributed by atoms with Crippen molar-refractivity contribution in [3.05, 3.63) is 35.4 Å². The van der Waals surface area contributed by atoms with Crippen LogP contribution < -0.4 is 10.6 Å². The first kappa shape index (κ1) is 34.5. The van der Waals surface area contributed by atoms with Crippen LogP contribution >= 0.6 is 0 Å². The summed E-state index contributed by atoms with van der Waals surface area (Å²) in [6, 6.07) is 4.71. The molecule has 11 nitrogen and oxygen atoms in total. The minimum absolute atomic E-state index is 0.0423. The zero-order chi connectivity index (χ0) is 32.2. The van der Waals surface area contributed by atoms with Gasteiger partial charge in [-0.15, -0.1) is 0 Å². The van der Waals surface area contributed by atoms with Crippen molar-refractivity contribution in [3.8, 4) is 17.2 Å². The number of benzene rings is 2. The number of hydrogen-bond acceptors (Lipinski definition) is 9. The van der Waals surface area contributed by atoms with Crippen LogP contribution in [0, 0.1) is 0 Å². The molecule has 0 aromatic heterocycles. The van der Waals surface area contributed by atoms with E-state index in [-0.39, 0.29) is 47.3 Å². The highest BCUT2D eigenvalue weighted by Gasteiger charge is 2.20. The van der Waals surface area contributed by atoms with Gasteiger partial charge in [0.25, 0.3) is 0 Å². The number of phenols is 3. The zero-order valence-corrected chi connectivity index (χ0v) is 27.1. The van der Waals surface area contributed by atoms with Gasteiger partial charge in [-0.25, -0.2) is 0 Å². The molecule has 5 N–H and O–H groups in total. The molecule has 0 radical (unpaired) electrons. The first-order chi connectivity index (χ1) is 21.7. The highest BCUT2D eigenvalue weighted by molar-refractivity contribution is 6.01. The van der Waals surface area contributed by atoms with Gasteiger partial charge in [0.05, 0.1) is 5.39 Å². The second-order valence-corrected chi connectivity index (χ2v) is 12.4. The lowest BCUT2D eigenvalue weighted by Gasteiger charge is -2.32. The number of fused-ring (bicyclic) bond motifs is 1. The van der Waals surface area contributed by atoms with Crippen molar-refractivity contribution in [1.82, 2.24) is 30.2 Å². The number of phenolic OH excluding ortho intramolecular Hbond substituents is 3. The minimum Gasteiger partial charge on any atom is -0.507 e. The number of nitrogens with zero attached hydrogens (tertiary/aromatic N) is 4. The number of rotatable bonds is 15. The largest absolute Gasteiger partial charge is 0.507 e. The maximum atomic E-state index is 12.5. The van der Waals surface area contributed by atoms with Crippen molar-refractivity contribution in [2.45, 2.75) is 38.5 Å². The van der Waals surface area contributed by atoms with Crippen molar-refractivity contribution in [2.24, 2.45) is 0 Å². The molecule has 4 rings (SSSR count). The Morgan fingerprint density at radius 3 is 1.96 bits per heavy atom. The number of hydrogen-bond donors (Lipinski definition) is 5. The maximum absolute atomic E-state index is 12.5. The number of carbonyl (C=O) groups excluding carboxylic acids is 2. The molecular formula is C34H52N6O5. The van der Waals surface area contributed by atoms with Crippen molar-refractivity contribution in [1.29, 1.82) is 0 Å². The predicted octanol–water partition coefficient (Wildman–Crippen LogP) is 2.19. The molecule has 11 heteroatoms. The molecule has 2 aromatic carbocycles. The molecule has 2 amide bonds. The Kier molecular flexibility index (Phi) is 13.3. The van der Waals surface area contributed by atoms with E-state index in [0.717, 1.165) is 78.3 Å². The van der Waals surface area contributed by atoms with E-state index < -0.39 is 0 Å². The van der Waals surface area contributed by atoms with Crippen LogP contribution in [0.4, 0.5) is 0 Å². The van der Waals surface area contributed by atoms with Crippen LogP contribution in [-0.4, -0.2) is 139 Å². The number of nitrogens with one attached hydrogen (secondary N) is 2. The van der Waals surface area contributed by atoms with Gasteiger partial charge >= 0.3 is 0 Å². The summed E-state index contributed by atoms with van der Waals surface area (Å²) in [5.41, 5.74) is 0.828. The van der Waals surface area contributed by atoms with Crippen LogP contribution in [0.5, 0.6) is 17.2 Å². The normalized spacial score (nSPS) is 17.3. The Morgan fingerprint density at radius 1 is 0.778 bits per heavy atom. The number of likely N-dealkylation sites (N-methyl/N-ethyl adjacent to an activating group) is 2. The fourth-order valence-corrected chi connectivity index (χ4v) is 6.06. The number of piperazine rings is 2. The summed E-state index contributed by atoms with van der Waals surface area (Å²) in [7, 11) is 4.27. The average Bonchev–Trinajstić information content (AvgIpc) is 3.02. The standard InChI is InChI=1S/C34H52N6O5/c1-37-18-22-39(23-19-37)16-6-14-35-30(42)12-4-8-26-27(34(45)32-28(33(26)44)10-3-11-29(32)41)9-5-13-31(43)36-15-7-17-40-24-20-38(2)21-25-40/h3,5,9-11,41,44-45H,4,6-8,12-25H2,1-2H3,(H,35,42)(H,36,43)/b9-5+. The van der Waals surface area contributed by atoms with Gasteiger partial charge in [-0.3, -0.25) is 9.59 Å². The Morgan fingerprint density at radius 2 is 1.36 bits per heavy atom. The Balaban J connectivity index is 1.29. The van der Waals surface area contributed by atoms with Crippen molar-refractivity contribution in [2.75, 3.05) is 92.6 Å². The Hall–Kier alpha value is -3.38. The zero-order valence-electron chi connectivity index (χ0n) is 27.1. The molecule has 0 atom stereocenters. The third kappa shape index (κ3) is 10.3. The smallest absolute Gasteiger partial charge is 0.223 e. The van der Waals surface area contributed by atoms with E-state index in [0.29, 0.717) is 42.4 Å². The van der Waals surface area contributed by atoms with E-state index in [1.54, 1.807) is 24.3 Å². The Labute approximate surface area is 267 Å². The Bertz CT molecular complexity index is 1300. The number of amides is 2. The molecule has 2 aliphatic rings. The predicted molar refractivity (Wildman–Crippen MR) is 179 cm³/mol. The van der Waals surface area contributed by atoms with Gasteiger partial charge in [0.2, 0.25) is 11.8 Å². The van der Waals surface area contributed by atoms with E-state index in [1.165, 1.54) is 6.07 Å². The SMILES string of the molecule is CN1CCN(CCCNC(=O)C/C=C/c2c(CCCC(=O)NCCCN3CCN(C)CC3)c(O)c3cccc(O)c3c2O)CC1. The molecule has 2 heterocycles. The molecule has 45 heavy (non-hydrogen) atoms. The molecular weight excluding hydrogens is 572 g/mol.